The number of hydrogen-bond donors (Lipinski definition) is 0. The highest BCUT2D eigenvalue weighted by atomic mass is 16.6. The quantitative estimate of drug-likeness (QED) is 0.417. The number of benzene rings is 3. The molecule has 166 valence electrons. The molecule has 2 aliphatic heterocycles. The van der Waals surface area contributed by atoms with E-state index in [9.17, 15) is 14.4 Å². The van der Waals surface area contributed by atoms with Crippen LogP contribution < -0.4 is 14.2 Å². The second-order valence-corrected chi connectivity index (χ2v) is 8.13. The zero-order valence-electron chi connectivity index (χ0n) is 18.5. The number of esters is 3. The molecule has 0 atom stereocenters. The van der Waals surface area contributed by atoms with Crippen molar-refractivity contribution in [3.05, 3.63) is 81.9 Å². The predicted octanol–water partition coefficient (Wildman–Crippen LogP) is 4.72. The summed E-state index contributed by atoms with van der Waals surface area (Å²) in [6.45, 7) is 6.25. The minimum atomic E-state index is -1.27. The van der Waals surface area contributed by atoms with Crippen LogP contribution in [0, 0.1) is 13.8 Å². The summed E-state index contributed by atoms with van der Waals surface area (Å²) >= 11 is 0. The van der Waals surface area contributed by atoms with E-state index in [-0.39, 0.29) is 0 Å². The highest BCUT2D eigenvalue weighted by Crippen LogP contribution is 2.57. The van der Waals surface area contributed by atoms with Crippen LogP contribution in [0.25, 0.3) is 0 Å². The maximum Gasteiger partial charge on any atom is 0.340 e. The molecule has 7 nitrogen and oxygen atoms in total. The second-order valence-electron chi connectivity index (χ2n) is 8.13. The largest absolute Gasteiger partial charge is 0.456 e. The lowest BCUT2D eigenvalue weighted by atomic mass is 9.76. The smallest absolute Gasteiger partial charge is 0.340 e. The van der Waals surface area contributed by atoms with E-state index in [1.165, 1.54) is 13.8 Å². The number of fused-ring (bicyclic) bond motifs is 6. The number of rotatable bonds is 2. The lowest BCUT2D eigenvalue weighted by Crippen LogP contribution is -2.33. The van der Waals surface area contributed by atoms with Crippen LogP contribution in [0.4, 0.5) is 0 Å². The van der Waals surface area contributed by atoms with Gasteiger partial charge in [-0.15, -0.1) is 0 Å². The van der Waals surface area contributed by atoms with Crippen LogP contribution in [0.15, 0.2) is 48.5 Å². The van der Waals surface area contributed by atoms with E-state index in [1.807, 2.05) is 12.1 Å². The standard InChI is InChI=1S/C26H20O7/c1-13-9-19-23(11-21(13)30-15(3)27)32-24-12-22(31-16(4)28)14(2)10-20(24)26(19)18-8-6-5-7-17(18)25(29)33-26/h5-12H,1-4H3. The highest BCUT2D eigenvalue weighted by Gasteiger charge is 2.54. The van der Waals surface area contributed by atoms with Crippen molar-refractivity contribution in [2.24, 2.45) is 0 Å². The van der Waals surface area contributed by atoms with Gasteiger partial charge < -0.3 is 18.9 Å². The van der Waals surface area contributed by atoms with Gasteiger partial charge in [-0.2, -0.15) is 0 Å². The average molecular weight is 444 g/mol. The maximum absolute atomic E-state index is 13.0. The Bertz CT molecular complexity index is 1300. The fourth-order valence-electron chi connectivity index (χ4n) is 4.47. The zero-order chi connectivity index (χ0) is 23.5. The first-order valence-electron chi connectivity index (χ1n) is 10.4. The Morgan fingerprint density at radius 3 is 1.82 bits per heavy atom. The highest BCUT2D eigenvalue weighted by molar-refractivity contribution is 5.97. The van der Waals surface area contributed by atoms with Crippen molar-refractivity contribution < 1.29 is 33.3 Å². The molecule has 2 aliphatic rings. The van der Waals surface area contributed by atoms with Gasteiger partial charge in [0.25, 0.3) is 0 Å². The van der Waals surface area contributed by atoms with Crippen molar-refractivity contribution in [3.8, 4) is 23.0 Å². The van der Waals surface area contributed by atoms with Crippen LogP contribution in [-0.4, -0.2) is 17.9 Å². The average Bonchev–Trinajstić information content (AvgIpc) is 3.04. The van der Waals surface area contributed by atoms with Gasteiger partial charge in [0.1, 0.15) is 23.0 Å². The first kappa shape index (κ1) is 20.8. The summed E-state index contributed by atoms with van der Waals surface area (Å²) in [7, 11) is 0. The summed E-state index contributed by atoms with van der Waals surface area (Å²) < 4.78 is 23.0. The van der Waals surface area contributed by atoms with Gasteiger partial charge in [-0.25, -0.2) is 4.79 Å². The fourth-order valence-corrected chi connectivity index (χ4v) is 4.47. The molecular weight excluding hydrogens is 424 g/mol. The predicted molar refractivity (Wildman–Crippen MR) is 117 cm³/mol. The van der Waals surface area contributed by atoms with Crippen molar-refractivity contribution in [1.29, 1.82) is 0 Å². The van der Waals surface area contributed by atoms with Gasteiger partial charge in [0.05, 0.1) is 5.56 Å². The van der Waals surface area contributed by atoms with E-state index in [1.54, 1.807) is 50.2 Å². The second kappa shape index (κ2) is 7.20. The van der Waals surface area contributed by atoms with Gasteiger partial charge >= 0.3 is 17.9 Å². The van der Waals surface area contributed by atoms with Gasteiger partial charge in [0.15, 0.2) is 5.60 Å². The van der Waals surface area contributed by atoms with Crippen LogP contribution in [0.2, 0.25) is 0 Å². The molecule has 2 heterocycles. The van der Waals surface area contributed by atoms with Crippen LogP contribution in [0.1, 0.15) is 52.0 Å². The lowest BCUT2D eigenvalue weighted by molar-refractivity contribution is -0.132. The minimum absolute atomic E-state index is 0.338. The topological polar surface area (TPSA) is 88.1 Å². The first-order valence-corrected chi connectivity index (χ1v) is 10.4. The van der Waals surface area contributed by atoms with Crippen molar-refractivity contribution >= 4 is 17.9 Å². The Morgan fingerprint density at radius 1 is 0.788 bits per heavy atom. The van der Waals surface area contributed by atoms with E-state index in [4.69, 9.17) is 18.9 Å². The van der Waals surface area contributed by atoms with E-state index in [2.05, 4.69) is 0 Å². The minimum Gasteiger partial charge on any atom is -0.456 e. The molecule has 0 aliphatic carbocycles. The maximum atomic E-state index is 13.0. The molecule has 0 fully saturated rings. The molecule has 0 saturated carbocycles. The van der Waals surface area contributed by atoms with E-state index in [0.717, 1.165) is 0 Å². The van der Waals surface area contributed by atoms with Crippen molar-refractivity contribution in [3.63, 3.8) is 0 Å². The first-order chi connectivity index (χ1) is 15.7. The fraction of sp³-hybridized carbons (Fsp3) is 0.192. The van der Waals surface area contributed by atoms with Crippen LogP contribution in [0.5, 0.6) is 23.0 Å². The van der Waals surface area contributed by atoms with Gasteiger partial charge in [-0.05, 0) is 43.2 Å². The van der Waals surface area contributed by atoms with Crippen LogP contribution >= 0.6 is 0 Å². The summed E-state index contributed by atoms with van der Waals surface area (Å²) in [5.41, 5.74) is 2.46. The summed E-state index contributed by atoms with van der Waals surface area (Å²) in [6.07, 6.45) is 0. The number of carbonyl (C=O) groups is 3. The monoisotopic (exact) mass is 444 g/mol. The Kier molecular flexibility index (Phi) is 4.53. The number of carbonyl (C=O) groups excluding carboxylic acids is 3. The molecule has 33 heavy (non-hydrogen) atoms. The molecule has 0 bridgehead atoms. The molecule has 0 radical (unpaired) electrons. The number of aryl methyl sites for hydroxylation is 2. The molecular formula is C26H20O7. The summed E-state index contributed by atoms with van der Waals surface area (Å²) in [6, 6.07) is 14.0. The summed E-state index contributed by atoms with van der Waals surface area (Å²) in [5.74, 6) is 0.0316. The Labute approximate surface area is 189 Å². The molecule has 1 spiro atoms. The van der Waals surface area contributed by atoms with Crippen LogP contribution in [0.3, 0.4) is 0 Å². The van der Waals surface area contributed by atoms with Gasteiger partial charge in [-0.3, -0.25) is 9.59 Å². The van der Waals surface area contributed by atoms with Gasteiger partial charge in [0.2, 0.25) is 0 Å². The van der Waals surface area contributed by atoms with Gasteiger partial charge in [0, 0.05) is 42.7 Å². The molecule has 0 unspecified atom stereocenters. The normalized spacial score (nSPS) is 14.5. The Hall–Kier alpha value is -4.13. The lowest BCUT2D eigenvalue weighted by Gasteiger charge is -2.37. The van der Waals surface area contributed by atoms with E-state index >= 15 is 0 Å². The third-order valence-electron chi connectivity index (χ3n) is 5.81. The van der Waals surface area contributed by atoms with Crippen molar-refractivity contribution in [1.82, 2.24) is 0 Å². The Morgan fingerprint density at radius 2 is 1.30 bits per heavy atom. The van der Waals surface area contributed by atoms with Crippen molar-refractivity contribution in [2.75, 3.05) is 0 Å². The SMILES string of the molecule is CC(=O)Oc1cc2c(cc1C)C1(OC(=O)c3ccccc31)c1cc(C)c(OC(C)=O)cc1O2. The Balaban J connectivity index is 1.82. The number of ether oxygens (including phenoxy) is 4. The third-order valence-corrected chi connectivity index (χ3v) is 5.81. The summed E-state index contributed by atoms with van der Waals surface area (Å²) in [4.78, 5) is 36.1. The van der Waals surface area contributed by atoms with Crippen LogP contribution in [-0.2, 0) is 19.9 Å². The number of hydrogen-bond acceptors (Lipinski definition) is 7. The molecule has 3 aromatic carbocycles. The van der Waals surface area contributed by atoms with E-state index in [0.29, 0.717) is 56.4 Å². The molecule has 3 aromatic rings. The molecule has 5 rings (SSSR count). The molecule has 0 saturated heterocycles. The molecule has 0 amide bonds. The molecule has 0 aromatic heterocycles. The van der Waals surface area contributed by atoms with E-state index < -0.39 is 23.5 Å². The van der Waals surface area contributed by atoms with Gasteiger partial charge in [-0.1, -0.05) is 18.2 Å². The molecule has 7 heteroatoms. The third kappa shape index (κ3) is 3.08. The van der Waals surface area contributed by atoms with Crippen molar-refractivity contribution in [2.45, 2.75) is 33.3 Å². The molecule has 0 N–H and O–H groups in total. The summed E-state index contributed by atoms with van der Waals surface area (Å²) in [5, 5.41) is 0. The zero-order valence-corrected chi connectivity index (χ0v) is 18.5.